The lowest BCUT2D eigenvalue weighted by Gasteiger charge is -2.32. The van der Waals surface area contributed by atoms with Crippen LogP contribution >= 0.6 is 11.3 Å². The van der Waals surface area contributed by atoms with Gasteiger partial charge in [-0.05, 0) is 38.0 Å². The fourth-order valence-electron chi connectivity index (χ4n) is 4.70. The molecule has 1 amide bonds. The summed E-state index contributed by atoms with van der Waals surface area (Å²) in [4.78, 5) is 35.7. The second kappa shape index (κ2) is 12.1. The van der Waals surface area contributed by atoms with Crippen LogP contribution in [0.1, 0.15) is 51.7 Å². The van der Waals surface area contributed by atoms with Crippen molar-refractivity contribution in [1.29, 1.82) is 0 Å². The van der Waals surface area contributed by atoms with Crippen molar-refractivity contribution in [2.75, 3.05) is 53.1 Å². The van der Waals surface area contributed by atoms with Crippen molar-refractivity contribution in [3.8, 4) is 11.5 Å². The normalized spacial score (nSPS) is 18.5. The number of rotatable bonds is 11. The first-order chi connectivity index (χ1) is 17.8. The highest BCUT2D eigenvalue weighted by atomic mass is 32.1. The first kappa shape index (κ1) is 27.1. The Morgan fingerprint density at radius 1 is 1.22 bits per heavy atom. The number of hydrogen-bond donors (Lipinski definition) is 1. The van der Waals surface area contributed by atoms with Crippen LogP contribution in [0.3, 0.4) is 0 Å². The Morgan fingerprint density at radius 2 is 1.97 bits per heavy atom. The third-order valence-corrected chi connectivity index (χ3v) is 7.75. The van der Waals surface area contributed by atoms with Crippen LogP contribution in [0.2, 0.25) is 0 Å². The number of amides is 1. The number of ether oxygens (including phenoxy) is 3. The number of aryl methyl sites for hydroxylation is 2. The molecule has 0 radical (unpaired) electrons. The number of nitrogens with zero attached hydrogens (tertiary/aromatic N) is 3. The molecule has 2 aliphatic rings. The maximum Gasteiger partial charge on any atom is 0.290 e. The van der Waals surface area contributed by atoms with E-state index in [0.29, 0.717) is 60.5 Å². The molecule has 0 bridgehead atoms. The second-order valence-electron chi connectivity index (χ2n) is 9.21. The minimum atomic E-state index is -0.763. The molecule has 37 heavy (non-hydrogen) atoms. The van der Waals surface area contributed by atoms with Crippen molar-refractivity contribution < 1.29 is 28.9 Å². The standard InChI is InChI=1S/C27H35N3O6S/c1-5-6-13-36-20-8-7-19(16-21(20)34-4)23-22(24(31)26-17(2)28-18(3)37-26)25(32)27(33)30(23)10-9-29-11-14-35-15-12-29/h7-8,16,23,32H,5-6,9-15H2,1-4H3. The van der Waals surface area contributed by atoms with Crippen molar-refractivity contribution in [1.82, 2.24) is 14.8 Å². The first-order valence-corrected chi connectivity index (χ1v) is 13.5. The first-order valence-electron chi connectivity index (χ1n) is 12.7. The number of morpholine rings is 1. The molecule has 0 saturated carbocycles. The summed E-state index contributed by atoms with van der Waals surface area (Å²) >= 11 is 1.27. The van der Waals surface area contributed by atoms with Crippen LogP contribution in [0.25, 0.3) is 0 Å². The molecule has 1 saturated heterocycles. The Labute approximate surface area is 221 Å². The van der Waals surface area contributed by atoms with Gasteiger partial charge in [0.25, 0.3) is 5.91 Å². The van der Waals surface area contributed by atoms with Crippen molar-refractivity contribution in [3.05, 3.63) is 50.7 Å². The Kier molecular flexibility index (Phi) is 8.83. The summed E-state index contributed by atoms with van der Waals surface area (Å²) in [6, 6.07) is 4.66. The Balaban J connectivity index is 1.70. The molecule has 0 aliphatic carbocycles. The number of hydrogen-bond acceptors (Lipinski definition) is 9. The minimum Gasteiger partial charge on any atom is -0.503 e. The maximum absolute atomic E-state index is 13.8. The molecule has 2 aromatic rings. The SMILES string of the molecule is CCCCOc1ccc(C2C(C(=O)c3sc(C)nc3C)=C(O)C(=O)N2CCN2CCOCC2)cc1OC. The lowest BCUT2D eigenvalue weighted by molar-refractivity contribution is -0.129. The van der Waals surface area contributed by atoms with Crippen LogP contribution in [0, 0.1) is 13.8 Å². The molecule has 1 atom stereocenters. The average Bonchev–Trinajstić information content (AvgIpc) is 3.37. The van der Waals surface area contributed by atoms with E-state index in [9.17, 15) is 14.7 Å². The zero-order chi connectivity index (χ0) is 26.5. The van der Waals surface area contributed by atoms with Crippen molar-refractivity contribution >= 4 is 23.0 Å². The van der Waals surface area contributed by atoms with Gasteiger partial charge in [-0.15, -0.1) is 11.3 Å². The van der Waals surface area contributed by atoms with Gasteiger partial charge in [0.15, 0.2) is 17.3 Å². The second-order valence-corrected chi connectivity index (χ2v) is 10.4. The van der Waals surface area contributed by atoms with Gasteiger partial charge in [0.1, 0.15) is 0 Å². The fourth-order valence-corrected chi connectivity index (χ4v) is 5.57. The summed E-state index contributed by atoms with van der Waals surface area (Å²) in [5, 5.41) is 11.8. The lowest BCUT2D eigenvalue weighted by atomic mass is 9.94. The topological polar surface area (TPSA) is 101 Å². The maximum atomic E-state index is 13.8. The van der Waals surface area contributed by atoms with E-state index in [-0.39, 0.29) is 11.4 Å². The third-order valence-electron chi connectivity index (χ3n) is 6.68. The zero-order valence-electron chi connectivity index (χ0n) is 21.9. The number of carbonyl (C=O) groups is 2. The highest BCUT2D eigenvalue weighted by Crippen LogP contribution is 2.42. The van der Waals surface area contributed by atoms with E-state index in [1.54, 1.807) is 31.1 Å². The third kappa shape index (κ3) is 5.81. The smallest absolute Gasteiger partial charge is 0.290 e. The molecular formula is C27H35N3O6S. The average molecular weight is 530 g/mol. The van der Waals surface area contributed by atoms with Gasteiger partial charge in [-0.3, -0.25) is 14.5 Å². The molecule has 1 fully saturated rings. The quantitative estimate of drug-likeness (QED) is 0.346. The monoisotopic (exact) mass is 529 g/mol. The number of ketones is 1. The minimum absolute atomic E-state index is 0.0698. The number of aromatic nitrogens is 1. The predicted octanol–water partition coefficient (Wildman–Crippen LogP) is 3.86. The van der Waals surface area contributed by atoms with Crippen LogP contribution < -0.4 is 9.47 Å². The number of unbranched alkanes of at least 4 members (excludes halogenated alkanes) is 1. The number of Topliss-reactive ketones (excluding diaryl/α,β-unsaturated/α-hetero) is 1. The van der Waals surface area contributed by atoms with Gasteiger partial charge >= 0.3 is 0 Å². The summed E-state index contributed by atoms with van der Waals surface area (Å²) in [6.07, 6.45) is 1.93. The summed E-state index contributed by atoms with van der Waals surface area (Å²) in [5.74, 6) is -0.335. The van der Waals surface area contributed by atoms with E-state index in [1.807, 2.05) is 13.0 Å². The summed E-state index contributed by atoms with van der Waals surface area (Å²) < 4.78 is 16.9. The number of methoxy groups -OCH3 is 1. The summed E-state index contributed by atoms with van der Waals surface area (Å²) in [6.45, 7) is 10.0. The highest BCUT2D eigenvalue weighted by Gasteiger charge is 2.44. The van der Waals surface area contributed by atoms with Gasteiger partial charge < -0.3 is 24.2 Å². The van der Waals surface area contributed by atoms with Gasteiger partial charge in [0, 0.05) is 26.2 Å². The number of aliphatic hydroxyl groups excluding tert-OH is 1. The number of aliphatic hydroxyl groups is 1. The van der Waals surface area contributed by atoms with Crippen molar-refractivity contribution in [3.63, 3.8) is 0 Å². The molecule has 2 aliphatic heterocycles. The van der Waals surface area contributed by atoms with Crippen LogP contribution in [0.15, 0.2) is 29.5 Å². The molecule has 4 rings (SSSR count). The zero-order valence-corrected chi connectivity index (χ0v) is 22.7. The molecule has 0 spiro atoms. The van der Waals surface area contributed by atoms with E-state index in [2.05, 4.69) is 16.8 Å². The molecule has 200 valence electrons. The molecule has 1 N–H and O–H groups in total. The van der Waals surface area contributed by atoms with Crippen molar-refractivity contribution in [2.45, 2.75) is 39.7 Å². The Morgan fingerprint density at radius 3 is 2.62 bits per heavy atom. The largest absolute Gasteiger partial charge is 0.503 e. The molecule has 1 unspecified atom stereocenters. The predicted molar refractivity (Wildman–Crippen MR) is 141 cm³/mol. The molecule has 10 heteroatoms. The van der Waals surface area contributed by atoms with Gasteiger partial charge in [0.05, 0.1) is 54.1 Å². The van der Waals surface area contributed by atoms with Gasteiger partial charge in [-0.2, -0.15) is 0 Å². The fraction of sp³-hybridized carbons (Fsp3) is 0.519. The molecule has 1 aromatic heterocycles. The van der Waals surface area contributed by atoms with E-state index >= 15 is 0 Å². The highest BCUT2D eigenvalue weighted by molar-refractivity contribution is 7.14. The van der Waals surface area contributed by atoms with E-state index in [4.69, 9.17) is 14.2 Å². The molecule has 1 aromatic carbocycles. The van der Waals surface area contributed by atoms with Crippen molar-refractivity contribution in [2.24, 2.45) is 0 Å². The Hall–Kier alpha value is -2.95. The summed E-state index contributed by atoms with van der Waals surface area (Å²) in [5.41, 5.74) is 1.32. The molecular weight excluding hydrogens is 494 g/mol. The van der Waals surface area contributed by atoms with Crippen LogP contribution in [-0.2, 0) is 9.53 Å². The van der Waals surface area contributed by atoms with E-state index < -0.39 is 17.7 Å². The Bertz CT molecular complexity index is 1170. The molecule has 9 nitrogen and oxygen atoms in total. The number of carbonyl (C=O) groups excluding carboxylic acids is 2. The molecule has 3 heterocycles. The van der Waals surface area contributed by atoms with E-state index in [0.717, 1.165) is 30.9 Å². The van der Waals surface area contributed by atoms with Crippen LogP contribution in [0.5, 0.6) is 11.5 Å². The van der Waals surface area contributed by atoms with Crippen LogP contribution in [-0.4, -0.2) is 84.7 Å². The van der Waals surface area contributed by atoms with Gasteiger partial charge in [-0.1, -0.05) is 19.4 Å². The van der Waals surface area contributed by atoms with E-state index in [1.165, 1.54) is 11.3 Å². The van der Waals surface area contributed by atoms with Gasteiger partial charge in [-0.25, -0.2) is 4.98 Å². The van der Waals surface area contributed by atoms with Crippen LogP contribution in [0.4, 0.5) is 0 Å². The lowest BCUT2D eigenvalue weighted by Crippen LogP contribution is -2.43. The number of thiazole rings is 1. The summed E-state index contributed by atoms with van der Waals surface area (Å²) in [7, 11) is 1.56. The van der Waals surface area contributed by atoms with Gasteiger partial charge in [0.2, 0.25) is 5.78 Å². The number of benzene rings is 1.